The molecule has 3 heterocycles. The lowest BCUT2D eigenvalue weighted by Gasteiger charge is -2.40. The summed E-state index contributed by atoms with van der Waals surface area (Å²) in [5, 5.41) is 0. The van der Waals surface area contributed by atoms with Gasteiger partial charge in [-0.1, -0.05) is 30.3 Å². The van der Waals surface area contributed by atoms with Crippen LogP contribution in [0, 0.1) is 0 Å². The molecule has 4 heteroatoms. The Bertz CT molecular complexity index is 759. The van der Waals surface area contributed by atoms with Crippen molar-refractivity contribution in [2.75, 3.05) is 4.90 Å². The van der Waals surface area contributed by atoms with Gasteiger partial charge in [0, 0.05) is 12.6 Å². The quantitative estimate of drug-likeness (QED) is 0.744. The standard InChI is InChI=1S/C17H18N4/c1-12-14-7-3-2-6-13(14)10-15(18)21(12)17-11-20-9-5-4-8-16(20)19-17/h2-9,11-12,15H,10,18H2,1H3. The van der Waals surface area contributed by atoms with E-state index in [4.69, 9.17) is 10.7 Å². The molecule has 4 nitrogen and oxygen atoms in total. The van der Waals surface area contributed by atoms with Crippen LogP contribution in [-0.4, -0.2) is 15.6 Å². The molecule has 0 amide bonds. The number of hydrogen-bond acceptors (Lipinski definition) is 3. The molecule has 0 spiro atoms. The second-order valence-corrected chi connectivity index (χ2v) is 5.62. The number of rotatable bonds is 1. The summed E-state index contributed by atoms with van der Waals surface area (Å²) in [6, 6.07) is 14.8. The zero-order chi connectivity index (χ0) is 14.4. The fourth-order valence-corrected chi connectivity index (χ4v) is 3.30. The Kier molecular flexibility index (Phi) is 2.72. The van der Waals surface area contributed by atoms with Crippen molar-refractivity contribution < 1.29 is 0 Å². The predicted octanol–water partition coefficient (Wildman–Crippen LogP) is 2.74. The highest BCUT2D eigenvalue weighted by molar-refractivity contribution is 5.54. The Morgan fingerprint density at radius 3 is 2.81 bits per heavy atom. The summed E-state index contributed by atoms with van der Waals surface area (Å²) in [7, 11) is 0. The number of fused-ring (bicyclic) bond motifs is 2. The molecule has 1 aliphatic heterocycles. The summed E-state index contributed by atoms with van der Waals surface area (Å²) >= 11 is 0. The lowest BCUT2D eigenvalue weighted by atomic mass is 9.92. The molecule has 0 saturated heterocycles. The number of hydrogen-bond donors (Lipinski definition) is 1. The first-order valence-corrected chi connectivity index (χ1v) is 7.29. The van der Waals surface area contributed by atoms with Crippen molar-refractivity contribution in [3.63, 3.8) is 0 Å². The summed E-state index contributed by atoms with van der Waals surface area (Å²) in [6.45, 7) is 2.20. The molecular weight excluding hydrogens is 260 g/mol. The maximum atomic E-state index is 6.41. The largest absolute Gasteiger partial charge is 0.333 e. The van der Waals surface area contributed by atoms with Gasteiger partial charge in [-0.25, -0.2) is 4.98 Å². The molecule has 106 valence electrons. The normalized spacial score (nSPS) is 21.5. The molecule has 0 aliphatic carbocycles. The second kappa shape index (κ2) is 4.60. The van der Waals surface area contributed by atoms with Gasteiger partial charge in [0.15, 0.2) is 0 Å². The molecule has 2 N–H and O–H groups in total. The lowest BCUT2D eigenvalue weighted by Crippen LogP contribution is -2.48. The first-order chi connectivity index (χ1) is 10.2. The van der Waals surface area contributed by atoms with Crippen LogP contribution in [0.4, 0.5) is 5.82 Å². The third kappa shape index (κ3) is 1.91. The van der Waals surface area contributed by atoms with Gasteiger partial charge in [0.1, 0.15) is 11.5 Å². The van der Waals surface area contributed by atoms with Crippen LogP contribution in [0.15, 0.2) is 54.9 Å². The van der Waals surface area contributed by atoms with Crippen LogP contribution in [0.2, 0.25) is 0 Å². The van der Waals surface area contributed by atoms with Crippen molar-refractivity contribution in [1.82, 2.24) is 9.38 Å². The molecule has 1 aromatic carbocycles. The number of benzene rings is 1. The molecule has 2 aromatic heterocycles. The number of nitrogens with two attached hydrogens (primary N) is 1. The van der Waals surface area contributed by atoms with Crippen molar-refractivity contribution in [3.8, 4) is 0 Å². The van der Waals surface area contributed by atoms with Gasteiger partial charge >= 0.3 is 0 Å². The van der Waals surface area contributed by atoms with E-state index in [0.717, 1.165) is 17.9 Å². The van der Waals surface area contributed by atoms with Gasteiger partial charge in [0.2, 0.25) is 0 Å². The molecule has 0 saturated carbocycles. The lowest BCUT2D eigenvalue weighted by molar-refractivity contribution is 0.506. The Balaban J connectivity index is 1.81. The van der Waals surface area contributed by atoms with Crippen LogP contribution in [0.3, 0.4) is 0 Å². The van der Waals surface area contributed by atoms with Crippen molar-refractivity contribution in [3.05, 3.63) is 66.0 Å². The Morgan fingerprint density at radius 1 is 1.14 bits per heavy atom. The molecule has 0 radical (unpaired) electrons. The molecule has 1 aliphatic rings. The van der Waals surface area contributed by atoms with Crippen molar-refractivity contribution >= 4 is 11.5 Å². The SMILES string of the molecule is CC1c2ccccc2CC(N)N1c1cn2ccccc2n1. The third-order valence-electron chi connectivity index (χ3n) is 4.32. The van der Waals surface area contributed by atoms with E-state index in [1.807, 2.05) is 28.8 Å². The first-order valence-electron chi connectivity index (χ1n) is 7.29. The van der Waals surface area contributed by atoms with E-state index in [1.54, 1.807) is 0 Å². The van der Waals surface area contributed by atoms with E-state index in [9.17, 15) is 0 Å². The molecule has 0 fully saturated rings. The number of imidazole rings is 1. The molecule has 2 atom stereocenters. The van der Waals surface area contributed by atoms with E-state index >= 15 is 0 Å². The maximum Gasteiger partial charge on any atom is 0.149 e. The first kappa shape index (κ1) is 12.4. The fraction of sp³-hybridized carbons (Fsp3) is 0.235. The van der Waals surface area contributed by atoms with Gasteiger partial charge in [-0.2, -0.15) is 0 Å². The highest BCUT2D eigenvalue weighted by Gasteiger charge is 2.30. The molecule has 3 aromatic rings. The number of pyridine rings is 1. The Morgan fingerprint density at radius 2 is 1.95 bits per heavy atom. The van der Waals surface area contributed by atoms with Crippen LogP contribution in [-0.2, 0) is 6.42 Å². The van der Waals surface area contributed by atoms with Crippen molar-refractivity contribution in [2.45, 2.75) is 25.6 Å². The van der Waals surface area contributed by atoms with Crippen LogP contribution < -0.4 is 10.6 Å². The van der Waals surface area contributed by atoms with Crippen LogP contribution in [0.5, 0.6) is 0 Å². The minimum atomic E-state index is -0.0418. The Hall–Kier alpha value is -2.33. The minimum Gasteiger partial charge on any atom is -0.333 e. The second-order valence-electron chi connectivity index (χ2n) is 5.62. The Labute approximate surface area is 123 Å². The van der Waals surface area contributed by atoms with E-state index in [1.165, 1.54) is 11.1 Å². The average Bonchev–Trinajstić information content (AvgIpc) is 2.90. The van der Waals surface area contributed by atoms with Crippen LogP contribution in [0.25, 0.3) is 5.65 Å². The number of anilines is 1. The topological polar surface area (TPSA) is 46.6 Å². The van der Waals surface area contributed by atoms with Gasteiger partial charge in [-0.3, -0.25) is 0 Å². The maximum absolute atomic E-state index is 6.41. The zero-order valence-corrected chi connectivity index (χ0v) is 12.0. The van der Waals surface area contributed by atoms with Gasteiger partial charge in [-0.15, -0.1) is 0 Å². The smallest absolute Gasteiger partial charge is 0.149 e. The van der Waals surface area contributed by atoms with E-state index in [-0.39, 0.29) is 12.2 Å². The third-order valence-corrected chi connectivity index (χ3v) is 4.32. The van der Waals surface area contributed by atoms with E-state index in [2.05, 4.69) is 42.3 Å². The molecule has 0 bridgehead atoms. The highest BCUT2D eigenvalue weighted by atomic mass is 15.3. The number of nitrogens with zero attached hydrogens (tertiary/aromatic N) is 3. The van der Waals surface area contributed by atoms with Gasteiger partial charge in [0.05, 0.1) is 18.4 Å². The van der Waals surface area contributed by atoms with Crippen molar-refractivity contribution in [2.24, 2.45) is 5.73 Å². The van der Waals surface area contributed by atoms with Crippen LogP contribution in [0.1, 0.15) is 24.1 Å². The van der Waals surface area contributed by atoms with Crippen LogP contribution >= 0.6 is 0 Å². The summed E-state index contributed by atoms with van der Waals surface area (Å²) in [6.07, 6.45) is 4.88. The predicted molar refractivity (Wildman–Crippen MR) is 84.2 cm³/mol. The minimum absolute atomic E-state index is 0.0418. The average molecular weight is 278 g/mol. The van der Waals surface area contributed by atoms with Gasteiger partial charge in [0.25, 0.3) is 0 Å². The van der Waals surface area contributed by atoms with Gasteiger partial charge in [-0.05, 0) is 30.2 Å². The monoisotopic (exact) mass is 278 g/mol. The molecule has 4 rings (SSSR count). The molecule has 2 unspecified atom stereocenters. The summed E-state index contributed by atoms with van der Waals surface area (Å²) < 4.78 is 2.04. The summed E-state index contributed by atoms with van der Waals surface area (Å²) in [5.74, 6) is 0.940. The van der Waals surface area contributed by atoms with Gasteiger partial charge < -0.3 is 15.0 Å². The highest BCUT2D eigenvalue weighted by Crippen LogP contribution is 2.34. The van der Waals surface area contributed by atoms with E-state index < -0.39 is 0 Å². The van der Waals surface area contributed by atoms with Crippen molar-refractivity contribution in [1.29, 1.82) is 0 Å². The zero-order valence-electron chi connectivity index (χ0n) is 12.0. The molecule has 21 heavy (non-hydrogen) atoms. The molecular formula is C17H18N4. The van der Waals surface area contributed by atoms with E-state index in [0.29, 0.717) is 0 Å². The summed E-state index contributed by atoms with van der Waals surface area (Å²) in [4.78, 5) is 6.94. The summed E-state index contributed by atoms with van der Waals surface area (Å²) in [5.41, 5.74) is 10.1. The number of aromatic nitrogens is 2. The fourth-order valence-electron chi connectivity index (χ4n) is 3.30.